The second-order valence-corrected chi connectivity index (χ2v) is 6.07. The van der Waals surface area contributed by atoms with Crippen molar-refractivity contribution < 1.29 is 14.3 Å². The normalized spacial score (nSPS) is 19.1. The van der Waals surface area contributed by atoms with Crippen LogP contribution in [0.25, 0.3) is 0 Å². The van der Waals surface area contributed by atoms with Gasteiger partial charge in [0.05, 0.1) is 0 Å². The standard InChI is InChI=1S/C17H22N4O3/c18-9-6-15(22)21-10-7-17(8-11-21)16(23)19-14(20-17)12-24-13-4-2-1-3-5-13/h1-5H,6-12,18H2,(H,19,20,23). The van der Waals surface area contributed by atoms with Gasteiger partial charge in [-0.05, 0) is 25.0 Å². The maximum atomic E-state index is 12.4. The predicted octanol–water partition coefficient (Wildman–Crippen LogP) is 0.304. The molecule has 0 atom stereocenters. The van der Waals surface area contributed by atoms with E-state index in [0.717, 1.165) is 5.75 Å². The Morgan fingerprint density at radius 1 is 1.29 bits per heavy atom. The average Bonchev–Trinajstić information content (AvgIpc) is 2.90. The van der Waals surface area contributed by atoms with E-state index in [1.54, 1.807) is 4.90 Å². The van der Waals surface area contributed by atoms with E-state index in [-0.39, 0.29) is 18.4 Å². The summed E-state index contributed by atoms with van der Waals surface area (Å²) in [5, 5.41) is 2.82. The third-order valence-corrected chi connectivity index (χ3v) is 4.45. The minimum atomic E-state index is -0.755. The van der Waals surface area contributed by atoms with Gasteiger partial charge in [0.25, 0.3) is 5.91 Å². The zero-order valence-electron chi connectivity index (χ0n) is 13.5. The Morgan fingerprint density at radius 3 is 2.67 bits per heavy atom. The number of nitrogens with two attached hydrogens (primary N) is 1. The molecule has 24 heavy (non-hydrogen) atoms. The Balaban J connectivity index is 1.59. The first kappa shape index (κ1) is 16.4. The van der Waals surface area contributed by atoms with Crippen LogP contribution in [0.4, 0.5) is 0 Å². The van der Waals surface area contributed by atoms with Crippen molar-refractivity contribution in [1.82, 2.24) is 10.2 Å². The zero-order chi connectivity index (χ0) is 17.0. The topological polar surface area (TPSA) is 97.0 Å². The molecule has 1 saturated heterocycles. The van der Waals surface area contributed by atoms with Gasteiger partial charge < -0.3 is 20.7 Å². The highest BCUT2D eigenvalue weighted by molar-refractivity contribution is 6.09. The lowest BCUT2D eigenvalue weighted by Crippen LogP contribution is -2.50. The molecule has 3 rings (SSSR count). The number of amides is 2. The number of aliphatic imine (C=N–C) groups is 1. The lowest BCUT2D eigenvalue weighted by Gasteiger charge is -2.35. The molecule has 0 aromatic heterocycles. The number of carbonyl (C=O) groups excluding carboxylic acids is 2. The van der Waals surface area contributed by atoms with Gasteiger partial charge in [-0.25, -0.2) is 0 Å². The van der Waals surface area contributed by atoms with Crippen LogP contribution in [0.2, 0.25) is 0 Å². The fourth-order valence-corrected chi connectivity index (χ4v) is 3.07. The van der Waals surface area contributed by atoms with Crippen LogP contribution in [-0.2, 0) is 9.59 Å². The summed E-state index contributed by atoms with van der Waals surface area (Å²) in [6.45, 7) is 1.64. The van der Waals surface area contributed by atoms with E-state index in [9.17, 15) is 9.59 Å². The molecule has 0 unspecified atom stereocenters. The summed E-state index contributed by atoms with van der Waals surface area (Å²) in [6.07, 6.45) is 1.41. The average molecular weight is 330 g/mol. The number of amidine groups is 1. The molecular weight excluding hydrogens is 308 g/mol. The van der Waals surface area contributed by atoms with Gasteiger partial charge in [-0.1, -0.05) is 18.2 Å². The third-order valence-electron chi connectivity index (χ3n) is 4.45. The van der Waals surface area contributed by atoms with Crippen LogP contribution >= 0.6 is 0 Å². The summed E-state index contributed by atoms with van der Waals surface area (Å²) in [5.41, 5.74) is 4.67. The smallest absolute Gasteiger partial charge is 0.253 e. The van der Waals surface area contributed by atoms with E-state index in [1.807, 2.05) is 30.3 Å². The van der Waals surface area contributed by atoms with E-state index >= 15 is 0 Å². The summed E-state index contributed by atoms with van der Waals surface area (Å²) in [7, 11) is 0. The summed E-state index contributed by atoms with van der Waals surface area (Å²) in [6, 6.07) is 9.40. The van der Waals surface area contributed by atoms with Crippen molar-refractivity contribution >= 4 is 17.6 Å². The van der Waals surface area contributed by atoms with Crippen molar-refractivity contribution in [3.8, 4) is 5.75 Å². The quantitative estimate of drug-likeness (QED) is 0.811. The molecule has 7 nitrogen and oxygen atoms in total. The maximum Gasteiger partial charge on any atom is 0.253 e. The molecule has 0 saturated carbocycles. The Morgan fingerprint density at radius 2 is 2.00 bits per heavy atom. The fourth-order valence-electron chi connectivity index (χ4n) is 3.07. The Kier molecular flexibility index (Phi) is 4.80. The molecule has 7 heteroatoms. The molecule has 2 heterocycles. The van der Waals surface area contributed by atoms with E-state index in [0.29, 0.717) is 44.7 Å². The van der Waals surface area contributed by atoms with E-state index in [4.69, 9.17) is 10.5 Å². The highest BCUT2D eigenvalue weighted by atomic mass is 16.5. The summed E-state index contributed by atoms with van der Waals surface area (Å²) in [5.74, 6) is 1.23. The van der Waals surface area contributed by atoms with Crippen molar-refractivity contribution in [2.75, 3.05) is 26.2 Å². The second-order valence-electron chi connectivity index (χ2n) is 6.07. The van der Waals surface area contributed by atoms with Crippen molar-refractivity contribution in [1.29, 1.82) is 0 Å². The fraction of sp³-hybridized carbons (Fsp3) is 0.471. The number of rotatable bonds is 5. The minimum absolute atomic E-state index is 0.0439. The summed E-state index contributed by atoms with van der Waals surface area (Å²) >= 11 is 0. The van der Waals surface area contributed by atoms with Crippen LogP contribution < -0.4 is 15.8 Å². The molecule has 1 spiro atoms. The highest BCUT2D eigenvalue weighted by Crippen LogP contribution is 2.30. The number of hydrogen-bond donors (Lipinski definition) is 2. The Hall–Kier alpha value is -2.41. The molecule has 2 aliphatic heterocycles. The molecule has 0 bridgehead atoms. The second kappa shape index (κ2) is 7.00. The minimum Gasteiger partial charge on any atom is -0.486 e. The Bertz CT molecular complexity index is 636. The van der Waals surface area contributed by atoms with Crippen LogP contribution in [0.5, 0.6) is 5.75 Å². The monoisotopic (exact) mass is 330 g/mol. The van der Waals surface area contributed by atoms with Crippen LogP contribution in [0, 0.1) is 0 Å². The number of nitrogens with zero attached hydrogens (tertiary/aromatic N) is 2. The first-order valence-corrected chi connectivity index (χ1v) is 8.19. The van der Waals surface area contributed by atoms with Gasteiger partial charge >= 0.3 is 0 Å². The van der Waals surface area contributed by atoms with Crippen LogP contribution in [0.1, 0.15) is 19.3 Å². The number of hydrogen-bond acceptors (Lipinski definition) is 5. The van der Waals surface area contributed by atoms with E-state index in [2.05, 4.69) is 10.3 Å². The number of ether oxygens (including phenoxy) is 1. The zero-order valence-corrected chi connectivity index (χ0v) is 13.5. The largest absolute Gasteiger partial charge is 0.486 e. The van der Waals surface area contributed by atoms with Gasteiger partial charge in [-0.3, -0.25) is 14.6 Å². The molecule has 0 radical (unpaired) electrons. The van der Waals surface area contributed by atoms with Crippen molar-refractivity contribution in [2.24, 2.45) is 10.7 Å². The number of nitrogens with one attached hydrogen (secondary N) is 1. The first-order valence-electron chi connectivity index (χ1n) is 8.19. The number of benzene rings is 1. The number of para-hydroxylation sites is 1. The molecular formula is C17H22N4O3. The third kappa shape index (κ3) is 3.41. The van der Waals surface area contributed by atoms with Crippen molar-refractivity contribution in [3.05, 3.63) is 30.3 Å². The molecule has 128 valence electrons. The molecule has 1 aromatic rings. The molecule has 0 aliphatic carbocycles. The molecule has 2 amide bonds. The van der Waals surface area contributed by atoms with Crippen LogP contribution in [0.3, 0.4) is 0 Å². The van der Waals surface area contributed by atoms with Gasteiger partial charge in [-0.15, -0.1) is 0 Å². The van der Waals surface area contributed by atoms with Gasteiger partial charge in [0.15, 0.2) is 0 Å². The van der Waals surface area contributed by atoms with Gasteiger partial charge in [0.2, 0.25) is 5.91 Å². The van der Waals surface area contributed by atoms with E-state index < -0.39 is 5.54 Å². The summed E-state index contributed by atoms with van der Waals surface area (Å²) < 4.78 is 5.64. The maximum absolute atomic E-state index is 12.4. The van der Waals surface area contributed by atoms with Crippen molar-refractivity contribution in [3.63, 3.8) is 0 Å². The molecule has 1 fully saturated rings. The van der Waals surface area contributed by atoms with E-state index in [1.165, 1.54) is 0 Å². The van der Waals surface area contributed by atoms with Crippen LogP contribution in [-0.4, -0.2) is 54.3 Å². The molecule has 3 N–H and O–H groups in total. The van der Waals surface area contributed by atoms with Crippen molar-refractivity contribution in [2.45, 2.75) is 24.8 Å². The highest BCUT2D eigenvalue weighted by Gasteiger charge is 2.46. The lowest BCUT2D eigenvalue weighted by atomic mass is 9.88. The molecule has 1 aromatic carbocycles. The SMILES string of the molecule is NCCC(=O)N1CCC2(CC1)N=C(COc1ccccc1)NC2=O. The number of piperidine rings is 1. The summed E-state index contributed by atoms with van der Waals surface area (Å²) in [4.78, 5) is 30.6. The predicted molar refractivity (Wildman–Crippen MR) is 89.7 cm³/mol. The van der Waals surface area contributed by atoms with Gasteiger partial charge in [0, 0.05) is 26.1 Å². The van der Waals surface area contributed by atoms with Gasteiger partial charge in [0.1, 0.15) is 23.7 Å². The molecule has 2 aliphatic rings. The Labute approximate surface area is 140 Å². The first-order chi connectivity index (χ1) is 11.6. The number of likely N-dealkylation sites (tertiary alicyclic amines) is 1. The lowest BCUT2D eigenvalue weighted by molar-refractivity contribution is -0.135. The van der Waals surface area contributed by atoms with Gasteiger partial charge in [-0.2, -0.15) is 0 Å². The van der Waals surface area contributed by atoms with Crippen LogP contribution in [0.15, 0.2) is 35.3 Å². The number of carbonyl (C=O) groups is 2.